The van der Waals surface area contributed by atoms with E-state index in [1.54, 1.807) is 0 Å². The second-order valence-electron chi connectivity index (χ2n) is 6.22. The first kappa shape index (κ1) is 15.0. The number of aliphatic hydroxyl groups excluding tert-OH is 1. The maximum absolute atomic E-state index is 12.3. The van der Waals surface area contributed by atoms with Gasteiger partial charge in [-0.15, -0.1) is 0 Å². The average Bonchev–Trinajstić information content (AvgIpc) is 2.48. The highest BCUT2D eigenvalue weighted by molar-refractivity contribution is 5.95. The molecule has 1 aliphatic carbocycles. The monoisotopic (exact) mass is 275 g/mol. The molecule has 3 nitrogen and oxygen atoms in total. The summed E-state index contributed by atoms with van der Waals surface area (Å²) in [5.41, 5.74) is 2.73. The molecular weight excluding hydrogens is 250 g/mol. The van der Waals surface area contributed by atoms with E-state index in [-0.39, 0.29) is 17.9 Å². The van der Waals surface area contributed by atoms with Crippen molar-refractivity contribution in [2.75, 3.05) is 13.2 Å². The number of hydrogen-bond acceptors (Lipinski definition) is 2. The van der Waals surface area contributed by atoms with Crippen molar-refractivity contribution in [2.24, 2.45) is 5.41 Å². The number of nitrogens with one attached hydrogen (secondary N) is 1. The fraction of sp³-hybridized carbons (Fsp3) is 0.588. The minimum Gasteiger partial charge on any atom is -0.396 e. The molecule has 0 saturated heterocycles. The van der Waals surface area contributed by atoms with Crippen LogP contribution >= 0.6 is 0 Å². The third-order valence-electron chi connectivity index (χ3n) is 4.51. The fourth-order valence-electron chi connectivity index (χ4n) is 3.04. The molecule has 1 aromatic carbocycles. The summed E-state index contributed by atoms with van der Waals surface area (Å²) in [6, 6.07) is 5.92. The normalized spacial score (nSPS) is 17.8. The van der Waals surface area contributed by atoms with Crippen molar-refractivity contribution in [3.8, 4) is 0 Å². The predicted octanol–water partition coefficient (Wildman–Crippen LogP) is 2.98. The summed E-state index contributed by atoms with van der Waals surface area (Å²) in [5.74, 6) is -0.0235. The molecule has 1 saturated carbocycles. The minimum atomic E-state index is -0.106. The summed E-state index contributed by atoms with van der Waals surface area (Å²) in [4.78, 5) is 12.3. The van der Waals surface area contributed by atoms with Crippen LogP contribution in [-0.2, 0) is 0 Å². The number of carbonyl (C=O) groups is 1. The van der Waals surface area contributed by atoms with E-state index in [9.17, 15) is 9.90 Å². The van der Waals surface area contributed by atoms with E-state index in [0.29, 0.717) is 6.54 Å². The van der Waals surface area contributed by atoms with E-state index in [1.807, 2.05) is 32.0 Å². The minimum absolute atomic E-state index is 0.0235. The topological polar surface area (TPSA) is 49.3 Å². The van der Waals surface area contributed by atoms with E-state index in [1.165, 1.54) is 6.42 Å². The third-order valence-corrected chi connectivity index (χ3v) is 4.51. The Labute approximate surface area is 121 Å². The molecule has 0 radical (unpaired) electrons. The van der Waals surface area contributed by atoms with Crippen LogP contribution in [-0.4, -0.2) is 24.2 Å². The molecule has 0 bridgehead atoms. The van der Waals surface area contributed by atoms with Crippen molar-refractivity contribution in [3.63, 3.8) is 0 Å². The van der Waals surface area contributed by atoms with Crippen LogP contribution in [0.2, 0.25) is 0 Å². The molecule has 0 aromatic heterocycles. The zero-order chi connectivity index (χ0) is 14.6. The number of aliphatic hydroxyl groups is 1. The van der Waals surface area contributed by atoms with Crippen LogP contribution in [0.15, 0.2) is 18.2 Å². The Morgan fingerprint density at radius 2 is 1.95 bits per heavy atom. The average molecular weight is 275 g/mol. The smallest absolute Gasteiger partial charge is 0.251 e. The molecule has 0 atom stereocenters. The maximum Gasteiger partial charge on any atom is 0.251 e. The lowest BCUT2D eigenvalue weighted by Crippen LogP contribution is -2.41. The van der Waals surface area contributed by atoms with Crippen molar-refractivity contribution in [3.05, 3.63) is 34.9 Å². The molecule has 20 heavy (non-hydrogen) atoms. The Balaban J connectivity index is 2.02. The number of carbonyl (C=O) groups excluding carboxylic acids is 1. The first-order chi connectivity index (χ1) is 9.56. The Kier molecular flexibility index (Phi) is 4.81. The standard InChI is InChI=1S/C17H25NO2/c1-13-6-7-14(2)15(10-13)16(20)18-11-17(12-19)8-4-3-5-9-17/h6-7,10,19H,3-5,8-9,11-12H2,1-2H3,(H,18,20). The number of amides is 1. The van der Waals surface area contributed by atoms with Gasteiger partial charge in [0.15, 0.2) is 0 Å². The highest BCUT2D eigenvalue weighted by Gasteiger charge is 2.31. The van der Waals surface area contributed by atoms with Gasteiger partial charge in [0, 0.05) is 17.5 Å². The maximum atomic E-state index is 12.3. The first-order valence-corrected chi connectivity index (χ1v) is 7.53. The van der Waals surface area contributed by atoms with Gasteiger partial charge < -0.3 is 10.4 Å². The summed E-state index contributed by atoms with van der Waals surface area (Å²) in [6.07, 6.45) is 5.57. The van der Waals surface area contributed by atoms with Crippen LogP contribution < -0.4 is 5.32 Å². The van der Waals surface area contributed by atoms with Gasteiger partial charge in [-0.3, -0.25) is 4.79 Å². The molecule has 1 aromatic rings. The quantitative estimate of drug-likeness (QED) is 0.887. The van der Waals surface area contributed by atoms with Crippen molar-refractivity contribution in [2.45, 2.75) is 46.0 Å². The van der Waals surface area contributed by atoms with Gasteiger partial charge in [0.05, 0.1) is 6.61 Å². The molecule has 0 heterocycles. The van der Waals surface area contributed by atoms with Crippen LogP contribution in [0.4, 0.5) is 0 Å². The second-order valence-corrected chi connectivity index (χ2v) is 6.22. The molecule has 1 fully saturated rings. The van der Waals surface area contributed by atoms with Gasteiger partial charge in [0.25, 0.3) is 5.91 Å². The molecular formula is C17H25NO2. The molecule has 2 rings (SSSR count). The number of hydrogen-bond donors (Lipinski definition) is 2. The molecule has 0 spiro atoms. The largest absolute Gasteiger partial charge is 0.396 e. The van der Waals surface area contributed by atoms with Crippen molar-refractivity contribution < 1.29 is 9.90 Å². The lowest BCUT2D eigenvalue weighted by atomic mass is 9.74. The van der Waals surface area contributed by atoms with Gasteiger partial charge in [-0.2, -0.15) is 0 Å². The third kappa shape index (κ3) is 3.40. The van der Waals surface area contributed by atoms with Crippen molar-refractivity contribution >= 4 is 5.91 Å². The Morgan fingerprint density at radius 1 is 1.25 bits per heavy atom. The van der Waals surface area contributed by atoms with Crippen LogP contribution in [0.5, 0.6) is 0 Å². The summed E-state index contributed by atoms with van der Waals surface area (Å²) < 4.78 is 0. The molecule has 1 aliphatic rings. The van der Waals surface area contributed by atoms with Crippen LogP contribution in [0, 0.1) is 19.3 Å². The van der Waals surface area contributed by atoms with E-state index in [2.05, 4.69) is 5.32 Å². The molecule has 1 amide bonds. The Bertz CT molecular complexity index is 476. The SMILES string of the molecule is Cc1ccc(C)c(C(=O)NCC2(CO)CCCCC2)c1. The summed E-state index contributed by atoms with van der Waals surface area (Å²) in [6.45, 7) is 4.69. The van der Waals surface area contributed by atoms with Crippen LogP contribution in [0.3, 0.4) is 0 Å². The van der Waals surface area contributed by atoms with Gasteiger partial charge in [-0.25, -0.2) is 0 Å². The highest BCUT2D eigenvalue weighted by atomic mass is 16.3. The first-order valence-electron chi connectivity index (χ1n) is 7.53. The Morgan fingerprint density at radius 3 is 2.60 bits per heavy atom. The Hall–Kier alpha value is -1.35. The second kappa shape index (κ2) is 6.40. The summed E-state index contributed by atoms with van der Waals surface area (Å²) in [5, 5.41) is 12.7. The summed E-state index contributed by atoms with van der Waals surface area (Å²) in [7, 11) is 0. The van der Waals surface area contributed by atoms with Crippen LogP contribution in [0.1, 0.15) is 53.6 Å². The zero-order valence-corrected chi connectivity index (χ0v) is 12.5. The lowest BCUT2D eigenvalue weighted by molar-refractivity contribution is 0.0717. The number of aryl methyl sites for hydroxylation is 2. The highest BCUT2D eigenvalue weighted by Crippen LogP contribution is 2.35. The zero-order valence-electron chi connectivity index (χ0n) is 12.5. The van der Waals surface area contributed by atoms with Crippen molar-refractivity contribution in [1.29, 1.82) is 0 Å². The van der Waals surface area contributed by atoms with Gasteiger partial charge in [-0.05, 0) is 38.3 Å². The molecule has 110 valence electrons. The van der Waals surface area contributed by atoms with Gasteiger partial charge in [0.2, 0.25) is 0 Å². The van der Waals surface area contributed by atoms with E-state index in [0.717, 1.165) is 42.4 Å². The fourth-order valence-corrected chi connectivity index (χ4v) is 3.04. The van der Waals surface area contributed by atoms with Gasteiger partial charge in [0.1, 0.15) is 0 Å². The van der Waals surface area contributed by atoms with Crippen LogP contribution in [0.25, 0.3) is 0 Å². The predicted molar refractivity (Wildman–Crippen MR) is 80.9 cm³/mol. The number of rotatable bonds is 4. The van der Waals surface area contributed by atoms with E-state index in [4.69, 9.17) is 0 Å². The van der Waals surface area contributed by atoms with E-state index >= 15 is 0 Å². The molecule has 0 unspecified atom stereocenters. The van der Waals surface area contributed by atoms with Gasteiger partial charge >= 0.3 is 0 Å². The lowest BCUT2D eigenvalue weighted by Gasteiger charge is -2.35. The molecule has 2 N–H and O–H groups in total. The number of benzene rings is 1. The molecule has 0 aliphatic heterocycles. The summed E-state index contributed by atoms with van der Waals surface area (Å²) >= 11 is 0. The van der Waals surface area contributed by atoms with Crippen molar-refractivity contribution in [1.82, 2.24) is 5.32 Å². The van der Waals surface area contributed by atoms with E-state index < -0.39 is 0 Å². The van der Waals surface area contributed by atoms with Gasteiger partial charge in [-0.1, -0.05) is 37.0 Å². The molecule has 3 heteroatoms.